The van der Waals surface area contributed by atoms with Crippen LogP contribution in [-0.2, 0) is 4.74 Å². The van der Waals surface area contributed by atoms with Crippen molar-refractivity contribution in [1.29, 1.82) is 0 Å². The Balaban J connectivity index is 1.45. The van der Waals surface area contributed by atoms with Crippen LogP contribution in [0.3, 0.4) is 0 Å². The van der Waals surface area contributed by atoms with Crippen LogP contribution in [0.25, 0.3) is 27.3 Å². The largest absolute Gasteiger partial charge is 0.479 e. The number of rotatable bonds is 5. The minimum Gasteiger partial charge on any atom is -0.479 e. The predicted octanol–water partition coefficient (Wildman–Crippen LogP) is 3.54. The Morgan fingerprint density at radius 1 is 1.26 bits per heavy atom. The number of nitrogens with one attached hydrogen (secondary N) is 2. The third kappa shape index (κ3) is 3.78. The van der Waals surface area contributed by atoms with E-state index in [9.17, 15) is 4.79 Å². The summed E-state index contributed by atoms with van der Waals surface area (Å²) in [5, 5.41) is 3.30. The molecule has 1 amide bonds. The molecule has 156 valence electrons. The zero-order valence-corrected chi connectivity index (χ0v) is 17.4. The third-order valence-corrected chi connectivity index (χ3v) is 5.84. The Bertz CT molecular complexity index is 1280. The molecule has 0 saturated heterocycles. The van der Waals surface area contributed by atoms with Crippen LogP contribution in [0.5, 0.6) is 5.88 Å². The van der Waals surface area contributed by atoms with Gasteiger partial charge in [0.1, 0.15) is 16.9 Å². The highest BCUT2D eigenvalue weighted by Gasteiger charge is 2.20. The van der Waals surface area contributed by atoms with Crippen molar-refractivity contribution in [3.05, 3.63) is 54.1 Å². The molecule has 4 aromatic rings. The van der Waals surface area contributed by atoms with E-state index in [2.05, 4.69) is 30.2 Å². The van der Waals surface area contributed by atoms with Crippen molar-refractivity contribution in [2.24, 2.45) is 0 Å². The maximum Gasteiger partial charge on any atom is 0.275 e. The molecular formula is C21H18N6O3S. The Labute approximate surface area is 181 Å². The first kappa shape index (κ1) is 19.3. The normalized spacial score (nSPS) is 13.8. The molecule has 0 aliphatic carbocycles. The Hall–Kier alpha value is -3.63. The molecule has 2 N–H and O–H groups in total. The first-order valence-electron chi connectivity index (χ1n) is 9.61. The average Bonchev–Trinajstić information content (AvgIpc) is 3.47. The predicted molar refractivity (Wildman–Crippen MR) is 117 cm³/mol. The molecule has 5 heterocycles. The molecule has 0 aromatic carbocycles. The smallest absolute Gasteiger partial charge is 0.275 e. The number of hydrogen-bond donors (Lipinski definition) is 2. The molecule has 10 heteroatoms. The van der Waals surface area contributed by atoms with Crippen LogP contribution in [0, 0.1) is 0 Å². The van der Waals surface area contributed by atoms with Crippen molar-refractivity contribution in [3.8, 4) is 17.4 Å². The van der Waals surface area contributed by atoms with Crippen molar-refractivity contribution < 1.29 is 14.3 Å². The number of hydrogen-bond acceptors (Lipinski definition) is 8. The molecule has 0 saturated carbocycles. The van der Waals surface area contributed by atoms with Gasteiger partial charge in [-0.2, -0.15) is 0 Å². The van der Waals surface area contributed by atoms with Gasteiger partial charge in [0.25, 0.3) is 5.91 Å². The van der Waals surface area contributed by atoms with Gasteiger partial charge in [0.05, 0.1) is 31.2 Å². The molecule has 0 fully saturated rings. The summed E-state index contributed by atoms with van der Waals surface area (Å²) in [6.45, 7) is 1.24. The van der Waals surface area contributed by atoms with Crippen LogP contribution in [0.15, 0.2) is 42.9 Å². The summed E-state index contributed by atoms with van der Waals surface area (Å²) < 4.78 is 11.7. The van der Waals surface area contributed by atoms with Crippen LogP contribution >= 0.6 is 11.3 Å². The van der Waals surface area contributed by atoms with Gasteiger partial charge in [-0.25, -0.2) is 15.0 Å². The number of aromatic nitrogens is 5. The van der Waals surface area contributed by atoms with E-state index in [1.807, 2.05) is 24.3 Å². The topological polar surface area (TPSA) is 115 Å². The quantitative estimate of drug-likeness (QED) is 0.494. The van der Waals surface area contributed by atoms with E-state index in [1.54, 1.807) is 19.5 Å². The second kappa shape index (κ2) is 8.25. The van der Waals surface area contributed by atoms with Gasteiger partial charge < -0.3 is 14.5 Å². The van der Waals surface area contributed by atoms with E-state index >= 15 is 0 Å². The van der Waals surface area contributed by atoms with E-state index in [0.29, 0.717) is 47.0 Å². The number of pyridine rings is 2. The second-order valence-electron chi connectivity index (χ2n) is 6.75. The molecule has 0 bridgehead atoms. The number of carbonyl (C=O) groups excluding carboxylic acids is 1. The molecule has 1 aliphatic rings. The number of imidazole rings is 1. The van der Waals surface area contributed by atoms with Gasteiger partial charge in [0, 0.05) is 18.0 Å². The summed E-state index contributed by atoms with van der Waals surface area (Å²) in [5.74, 6) is 0.601. The highest BCUT2D eigenvalue weighted by Crippen LogP contribution is 2.37. The van der Waals surface area contributed by atoms with Gasteiger partial charge in [-0.1, -0.05) is 23.5 Å². The van der Waals surface area contributed by atoms with Crippen molar-refractivity contribution in [2.45, 2.75) is 6.42 Å². The lowest BCUT2D eigenvalue weighted by molar-refractivity contribution is 0.102. The summed E-state index contributed by atoms with van der Waals surface area (Å²) in [6, 6.07) is 5.50. The number of anilines is 1. The summed E-state index contributed by atoms with van der Waals surface area (Å²) in [6.07, 6.45) is 7.79. The number of aromatic amines is 1. The van der Waals surface area contributed by atoms with E-state index in [4.69, 9.17) is 9.47 Å². The number of carbonyl (C=O) groups is 1. The molecule has 1 aliphatic heterocycles. The second-order valence-corrected chi connectivity index (χ2v) is 7.75. The summed E-state index contributed by atoms with van der Waals surface area (Å²) >= 11 is 1.38. The molecule has 0 atom stereocenters. The monoisotopic (exact) mass is 434 g/mol. The zero-order chi connectivity index (χ0) is 21.2. The van der Waals surface area contributed by atoms with Gasteiger partial charge >= 0.3 is 0 Å². The number of nitrogens with zero attached hydrogens (tertiary/aromatic N) is 4. The summed E-state index contributed by atoms with van der Waals surface area (Å²) in [7, 11) is 1.55. The van der Waals surface area contributed by atoms with Gasteiger partial charge in [0.2, 0.25) is 5.88 Å². The van der Waals surface area contributed by atoms with Gasteiger partial charge in [-0.3, -0.25) is 15.1 Å². The number of thiazole rings is 1. The van der Waals surface area contributed by atoms with Crippen molar-refractivity contribution >= 4 is 38.2 Å². The van der Waals surface area contributed by atoms with Crippen molar-refractivity contribution in [2.75, 3.05) is 25.6 Å². The highest BCUT2D eigenvalue weighted by molar-refractivity contribution is 7.22. The van der Waals surface area contributed by atoms with Crippen LogP contribution in [0.4, 0.5) is 5.13 Å². The molecule has 9 nitrogen and oxygen atoms in total. The maximum atomic E-state index is 12.8. The van der Waals surface area contributed by atoms with Crippen LogP contribution in [-0.4, -0.2) is 51.2 Å². The number of fused-ring (bicyclic) bond motifs is 1. The molecule has 0 unspecified atom stereocenters. The minimum atomic E-state index is -0.340. The van der Waals surface area contributed by atoms with Gasteiger partial charge in [0.15, 0.2) is 11.0 Å². The van der Waals surface area contributed by atoms with Crippen molar-refractivity contribution in [3.63, 3.8) is 0 Å². The molecule has 4 aromatic heterocycles. The SMILES string of the molecule is COc1ncc(C2=CCOCC2)c2sc(NC(=O)c3cnc(-c4ccccn4)[nH]3)nc12. The van der Waals surface area contributed by atoms with Crippen LogP contribution < -0.4 is 10.1 Å². The summed E-state index contributed by atoms with van der Waals surface area (Å²) in [4.78, 5) is 33.2. The van der Waals surface area contributed by atoms with Gasteiger partial charge in [-0.15, -0.1) is 0 Å². The first-order chi connectivity index (χ1) is 15.2. The number of ether oxygens (including phenoxy) is 2. The van der Waals surface area contributed by atoms with E-state index in [0.717, 1.165) is 22.3 Å². The lowest BCUT2D eigenvalue weighted by Crippen LogP contribution is -2.12. The van der Waals surface area contributed by atoms with E-state index in [-0.39, 0.29) is 5.91 Å². The highest BCUT2D eigenvalue weighted by atomic mass is 32.1. The zero-order valence-electron chi connectivity index (χ0n) is 16.6. The molecule has 0 radical (unpaired) electrons. The number of methoxy groups -OCH3 is 1. The standard InChI is InChI=1S/C21H18N6O3S/c1-29-20-16-17(13(10-24-20)12-5-8-30-9-6-12)31-21(26-16)27-19(28)15-11-23-18(25-15)14-4-2-3-7-22-14/h2-5,7,10-11H,6,8-9H2,1H3,(H,23,25)(H,26,27,28). The minimum absolute atomic E-state index is 0.317. The van der Waals surface area contributed by atoms with E-state index < -0.39 is 0 Å². The van der Waals surface area contributed by atoms with Gasteiger partial charge in [-0.05, 0) is 24.1 Å². The Morgan fingerprint density at radius 3 is 2.97 bits per heavy atom. The Morgan fingerprint density at radius 2 is 2.19 bits per heavy atom. The van der Waals surface area contributed by atoms with Crippen LogP contribution in [0.2, 0.25) is 0 Å². The fraction of sp³-hybridized carbons (Fsp3) is 0.190. The number of amides is 1. The Kier molecular flexibility index (Phi) is 5.14. The molecule has 0 spiro atoms. The molecule has 31 heavy (non-hydrogen) atoms. The fourth-order valence-electron chi connectivity index (χ4n) is 3.33. The third-order valence-electron chi connectivity index (χ3n) is 4.84. The van der Waals surface area contributed by atoms with Crippen molar-refractivity contribution in [1.82, 2.24) is 24.9 Å². The summed E-state index contributed by atoms with van der Waals surface area (Å²) in [5.41, 5.74) is 3.73. The molecule has 5 rings (SSSR count). The average molecular weight is 434 g/mol. The molecular weight excluding hydrogens is 416 g/mol. The maximum absolute atomic E-state index is 12.8. The van der Waals surface area contributed by atoms with E-state index in [1.165, 1.54) is 17.5 Å². The number of H-pyrrole nitrogens is 1. The van der Waals surface area contributed by atoms with Crippen LogP contribution in [0.1, 0.15) is 22.5 Å². The lowest BCUT2D eigenvalue weighted by Gasteiger charge is -2.14. The lowest BCUT2D eigenvalue weighted by atomic mass is 10.0. The fourth-order valence-corrected chi connectivity index (χ4v) is 4.33. The first-order valence-corrected chi connectivity index (χ1v) is 10.4.